The Bertz CT molecular complexity index is 541. The van der Waals surface area contributed by atoms with E-state index in [0.29, 0.717) is 0 Å². The first-order chi connectivity index (χ1) is 9.17. The van der Waals surface area contributed by atoms with Crippen molar-refractivity contribution in [3.63, 3.8) is 0 Å². The smallest absolute Gasteiger partial charge is 0.119 e. The fraction of sp³-hybridized carbons (Fsp3) is 0.375. The maximum Gasteiger partial charge on any atom is 0.119 e. The molecule has 1 aromatic heterocycles. The van der Waals surface area contributed by atoms with Crippen LogP contribution in [0.5, 0.6) is 5.75 Å². The SMILES string of the molecule is COc1ccc(-n2c(C)cc(CCCN)c2C)cc1. The van der Waals surface area contributed by atoms with Crippen LogP contribution in [0.25, 0.3) is 5.69 Å². The van der Waals surface area contributed by atoms with Gasteiger partial charge in [0.15, 0.2) is 0 Å². The lowest BCUT2D eigenvalue weighted by molar-refractivity contribution is 0.414. The molecular weight excluding hydrogens is 236 g/mol. The van der Waals surface area contributed by atoms with Crippen LogP contribution in [0.15, 0.2) is 30.3 Å². The van der Waals surface area contributed by atoms with Gasteiger partial charge in [-0.3, -0.25) is 0 Å². The van der Waals surface area contributed by atoms with Crippen molar-refractivity contribution in [2.75, 3.05) is 13.7 Å². The minimum Gasteiger partial charge on any atom is -0.497 e. The van der Waals surface area contributed by atoms with Crippen molar-refractivity contribution in [2.45, 2.75) is 26.7 Å². The first-order valence-corrected chi connectivity index (χ1v) is 6.69. The van der Waals surface area contributed by atoms with E-state index in [1.165, 1.54) is 22.6 Å². The summed E-state index contributed by atoms with van der Waals surface area (Å²) in [6.07, 6.45) is 2.08. The minimum atomic E-state index is 0.742. The predicted molar refractivity (Wildman–Crippen MR) is 79.2 cm³/mol. The van der Waals surface area contributed by atoms with Crippen molar-refractivity contribution >= 4 is 0 Å². The van der Waals surface area contributed by atoms with Crippen molar-refractivity contribution in [1.82, 2.24) is 4.57 Å². The van der Waals surface area contributed by atoms with Gasteiger partial charge in [0, 0.05) is 17.1 Å². The number of nitrogens with two attached hydrogens (primary N) is 1. The van der Waals surface area contributed by atoms with E-state index in [0.717, 1.165) is 25.1 Å². The minimum absolute atomic E-state index is 0.742. The van der Waals surface area contributed by atoms with Gasteiger partial charge in [-0.2, -0.15) is 0 Å². The third-order valence-electron chi connectivity index (χ3n) is 3.52. The van der Waals surface area contributed by atoms with E-state index < -0.39 is 0 Å². The molecule has 3 nitrogen and oxygen atoms in total. The van der Waals surface area contributed by atoms with Crippen LogP contribution in [0.2, 0.25) is 0 Å². The zero-order valence-corrected chi connectivity index (χ0v) is 11.9. The van der Waals surface area contributed by atoms with Crippen LogP contribution in [0.4, 0.5) is 0 Å². The van der Waals surface area contributed by atoms with Crippen molar-refractivity contribution in [2.24, 2.45) is 5.73 Å². The summed E-state index contributed by atoms with van der Waals surface area (Å²) in [5.41, 5.74) is 10.7. The standard InChI is InChI=1S/C16H22N2O/c1-12-11-14(5-4-10-17)13(2)18(12)15-6-8-16(19-3)9-7-15/h6-9,11H,4-5,10,17H2,1-3H3. The molecule has 0 aliphatic rings. The molecule has 0 atom stereocenters. The van der Waals surface area contributed by atoms with Crippen LogP contribution in [-0.4, -0.2) is 18.2 Å². The molecule has 2 N–H and O–H groups in total. The summed E-state index contributed by atoms with van der Waals surface area (Å²) in [5.74, 6) is 0.884. The van der Waals surface area contributed by atoms with Gasteiger partial charge in [-0.25, -0.2) is 0 Å². The third kappa shape index (κ3) is 2.82. The lowest BCUT2D eigenvalue weighted by Crippen LogP contribution is -2.02. The molecule has 0 saturated heterocycles. The summed E-state index contributed by atoms with van der Waals surface area (Å²) in [4.78, 5) is 0. The quantitative estimate of drug-likeness (QED) is 0.895. The van der Waals surface area contributed by atoms with Gasteiger partial charge in [-0.05, 0) is 69.1 Å². The first kappa shape index (κ1) is 13.7. The molecule has 1 aromatic carbocycles. The van der Waals surface area contributed by atoms with Gasteiger partial charge in [0.25, 0.3) is 0 Å². The highest BCUT2D eigenvalue weighted by Crippen LogP contribution is 2.23. The van der Waals surface area contributed by atoms with Crippen LogP contribution < -0.4 is 10.5 Å². The lowest BCUT2D eigenvalue weighted by Gasteiger charge is -2.11. The molecule has 0 spiro atoms. The second-order valence-corrected chi connectivity index (χ2v) is 4.82. The van der Waals surface area contributed by atoms with Crippen LogP contribution in [0, 0.1) is 13.8 Å². The molecule has 0 amide bonds. The van der Waals surface area contributed by atoms with E-state index >= 15 is 0 Å². The van der Waals surface area contributed by atoms with Crippen molar-refractivity contribution in [1.29, 1.82) is 0 Å². The number of hydrogen-bond donors (Lipinski definition) is 1. The number of hydrogen-bond acceptors (Lipinski definition) is 2. The van der Waals surface area contributed by atoms with E-state index in [-0.39, 0.29) is 0 Å². The molecule has 0 saturated carbocycles. The number of nitrogens with zero attached hydrogens (tertiary/aromatic N) is 1. The largest absolute Gasteiger partial charge is 0.497 e. The second kappa shape index (κ2) is 5.93. The van der Waals surface area contributed by atoms with Gasteiger partial charge in [0.1, 0.15) is 5.75 Å². The van der Waals surface area contributed by atoms with Crippen molar-refractivity contribution < 1.29 is 4.74 Å². The topological polar surface area (TPSA) is 40.2 Å². The van der Waals surface area contributed by atoms with Gasteiger partial charge >= 0.3 is 0 Å². The highest BCUT2D eigenvalue weighted by molar-refractivity contribution is 5.43. The Kier molecular flexibility index (Phi) is 4.27. The Hall–Kier alpha value is -1.74. The Balaban J connectivity index is 2.35. The van der Waals surface area contributed by atoms with Gasteiger partial charge in [-0.15, -0.1) is 0 Å². The molecule has 0 fully saturated rings. The van der Waals surface area contributed by atoms with Crippen LogP contribution in [0.3, 0.4) is 0 Å². The monoisotopic (exact) mass is 258 g/mol. The number of aryl methyl sites for hydroxylation is 2. The molecular formula is C16H22N2O. The molecule has 0 aliphatic carbocycles. The lowest BCUT2D eigenvalue weighted by atomic mass is 10.1. The van der Waals surface area contributed by atoms with E-state index in [1.807, 2.05) is 12.1 Å². The molecule has 0 unspecified atom stereocenters. The highest BCUT2D eigenvalue weighted by Gasteiger charge is 2.10. The second-order valence-electron chi connectivity index (χ2n) is 4.82. The van der Waals surface area contributed by atoms with Gasteiger partial charge in [0.2, 0.25) is 0 Å². The zero-order valence-electron chi connectivity index (χ0n) is 11.9. The van der Waals surface area contributed by atoms with E-state index in [9.17, 15) is 0 Å². The van der Waals surface area contributed by atoms with Crippen LogP contribution >= 0.6 is 0 Å². The Morgan fingerprint density at radius 3 is 2.42 bits per heavy atom. The summed E-state index contributed by atoms with van der Waals surface area (Å²) in [6, 6.07) is 10.4. The number of rotatable bonds is 5. The normalized spacial score (nSPS) is 10.7. The van der Waals surface area contributed by atoms with Crippen molar-refractivity contribution in [3.05, 3.63) is 47.3 Å². The highest BCUT2D eigenvalue weighted by atomic mass is 16.5. The molecule has 19 heavy (non-hydrogen) atoms. The molecule has 0 radical (unpaired) electrons. The van der Waals surface area contributed by atoms with E-state index in [2.05, 4.69) is 36.6 Å². The number of ether oxygens (including phenoxy) is 1. The number of methoxy groups -OCH3 is 1. The molecule has 2 aromatic rings. The average molecular weight is 258 g/mol. The summed E-state index contributed by atoms with van der Waals surface area (Å²) in [6.45, 7) is 5.05. The van der Waals surface area contributed by atoms with Gasteiger partial charge in [0.05, 0.1) is 7.11 Å². The van der Waals surface area contributed by atoms with Gasteiger partial charge < -0.3 is 15.0 Å². The number of benzene rings is 1. The molecule has 102 valence electrons. The van der Waals surface area contributed by atoms with Crippen molar-refractivity contribution in [3.8, 4) is 11.4 Å². The van der Waals surface area contributed by atoms with E-state index in [1.54, 1.807) is 7.11 Å². The summed E-state index contributed by atoms with van der Waals surface area (Å²) in [5, 5.41) is 0. The molecule has 0 bridgehead atoms. The summed E-state index contributed by atoms with van der Waals surface area (Å²) < 4.78 is 7.48. The number of aromatic nitrogens is 1. The molecule has 3 heteroatoms. The van der Waals surface area contributed by atoms with Crippen LogP contribution in [-0.2, 0) is 6.42 Å². The summed E-state index contributed by atoms with van der Waals surface area (Å²) in [7, 11) is 1.69. The molecule has 0 aliphatic heterocycles. The van der Waals surface area contributed by atoms with Crippen LogP contribution in [0.1, 0.15) is 23.4 Å². The Labute approximate surface area is 115 Å². The maximum absolute atomic E-state index is 5.59. The fourth-order valence-corrected chi connectivity index (χ4v) is 2.50. The first-order valence-electron chi connectivity index (χ1n) is 6.69. The van der Waals surface area contributed by atoms with Gasteiger partial charge in [-0.1, -0.05) is 0 Å². The maximum atomic E-state index is 5.59. The zero-order chi connectivity index (χ0) is 13.8. The van der Waals surface area contributed by atoms with E-state index in [4.69, 9.17) is 10.5 Å². The Morgan fingerprint density at radius 1 is 1.16 bits per heavy atom. The third-order valence-corrected chi connectivity index (χ3v) is 3.52. The molecule has 1 heterocycles. The molecule has 2 rings (SSSR count). The Morgan fingerprint density at radius 2 is 1.84 bits per heavy atom. The fourth-order valence-electron chi connectivity index (χ4n) is 2.50. The summed E-state index contributed by atoms with van der Waals surface area (Å²) >= 11 is 0. The average Bonchev–Trinajstić information content (AvgIpc) is 2.71. The predicted octanol–water partition coefficient (Wildman–Crippen LogP) is 2.99.